The first-order chi connectivity index (χ1) is 7.61. The standard InChI is InChI=1S/C11H14ClF2NO/c12-10-3-1-2-9(6-10)7-15(4-5-16)8-11(13)14/h1-3,6,11,16H,4-5,7-8H2. The van der Waals surface area contributed by atoms with Gasteiger partial charge in [-0.15, -0.1) is 0 Å². The Kier molecular flexibility index (Phi) is 5.66. The number of halogens is 3. The monoisotopic (exact) mass is 249 g/mol. The molecule has 0 saturated heterocycles. The maximum atomic E-state index is 12.2. The van der Waals surface area contributed by atoms with Gasteiger partial charge in [0.25, 0.3) is 6.43 Å². The number of aliphatic hydroxyl groups is 1. The van der Waals surface area contributed by atoms with Crippen molar-refractivity contribution < 1.29 is 13.9 Å². The molecule has 1 aromatic carbocycles. The zero-order valence-electron chi connectivity index (χ0n) is 8.74. The van der Waals surface area contributed by atoms with E-state index in [0.717, 1.165) is 5.56 Å². The summed E-state index contributed by atoms with van der Waals surface area (Å²) in [5, 5.41) is 9.35. The van der Waals surface area contributed by atoms with E-state index >= 15 is 0 Å². The summed E-state index contributed by atoms with van der Waals surface area (Å²) in [6, 6.07) is 7.06. The van der Waals surface area contributed by atoms with Crippen molar-refractivity contribution in [3.05, 3.63) is 34.9 Å². The maximum absolute atomic E-state index is 12.2. The Hall–Kier alpha value is -0.710. The topological polar surface area (TPSA) is 23.5 Å². The normalized spacial score (nSPS) is 11.4. The van der Waals surface area contributed by atoms with Crippen LogP contribution in [-0.4, -0.2) is 36.1 Å². The number of nitrogens with zero attached hydrogens (tertiary/aromatic N) is 1. The van der Waals surface area contributed by atoms with E-state index < -0.39 is 6.43 Å². The number of alkyl halides is 2. The molecule has 0 atom stereocenters. The molecule has 90 valence electrons. The van der Waals surface area contributed by atoms with Crippen molar-refractivity contribution >= 4 is 11.6 Å². The van der Waals surface area contributed by atoms with Gasteiger partial charge in [0.2, 0.25) is 0 Å². The summed E-state index contributed by atoms with van der Waals surface area (Å²) in [5.74, 6) is 0. The molecule has 1 N–H and O–H groups in total. The summed E-state index contributed by atoms with van der Waals surface area (Å²) < 4.78 is 24.5. The number of rotatable bonds is 6. The molecule has 0 fully saturated rings. The minimum Gasteiger partial charge on any atom is -0.395 e. The molecule has 5 heteroatoms. The summed E-state index contributed by atoms with van der Waals surface area (Å²) in [6.07, 6.45) is -2.40. The van der Waals surface area contributed by atoms with Crippen molar-refractivity contribution in [2.75, 3.05) is 19.7 Å². The minimum atomic E-state index is -2.40. The van der Waals surface area contributed by atoms with Gasteiger partial charge in [-0.2, -0.15) is 0 Å². The van der Waals surface area contributed by atoms with Crippen LogP contribution >= 0.6 is 11.6 Å². The highest BCUT2D eigenvalue weighted by molar-refractivity contribution is 6.30. The van der Waals surface area contributed by atoms with Gasteiger partial charge in [-0.25, -0.2) is 8.78 Å². The Bertz CT molecular complexity index is 323. The van der Waals surface area contributed by atoms with Crippen molar-refractivity contribution in [3.8, 4) is 0 Å². The molecule has 0 amide bonds. The minimum absolute atomic E-state index is 0.132. The lowest BCUT2D eigenvalue weighted by Gasteiger charge is -2.20. The number of hydrogen-bond acceptors (Lipinski definition) is 2. The van der Waals surface area contributed by atoms with Gasteiger partial charge in [-0.3, -0.25) is 4.90 Å². The molecule has 0 bridgehead atoms. The highest BCUT2D eigenvalue weighted by Gasteiger charge is 2.11. The number of hydrogen-bond donors (Lipinski definition) is 1. The van der Waals surface area contributed by atoms with E-state index in [1.165, 1.54) is 4.90 Å². The molecule has 1 aromatic rings. The fourth-order valence-corrected chi connectivity index (χ4v) is 1.68. The molecule has 0 aliphatic heterocycles. The van der Waals surface area contributed by atoms with Crippen molar-refractivity contribution in [1.29, 1.82) is 0 Å². The van der Waals surface area contributed by atoms with Crippen LogP contribution in [0, 0.1) is 0 Å². The second-order valence-corrected chi connectivity index (χ2v) is 3.92. The van der Waals surface area contributed by atoms with Crippen molar-refractivity contribution in [1.82, 2.24) is 4.90 Å². The van der Waals surface area contributed by atoms with Crippen LogP contribution < -0.4 is 0 Å². The molecular formula is C11H14ClF2NO. The largest absolute Gasteiger partial charge is 0.395 e. The lowest BCUT2D eigenvalue weighted by Crippen LogP contribution is -2.31. The molecule has 0 aliphatic rings. The van der Waals surface area contributed by atoms with Gasteiger partial charge in [0.15, 0.2) is 0 Å². The number of benzene rings is 1. The third kappa shape index (κ3) is 4.88. The van der Waals surface area contributed by atoms with Crippen LogP contribution in [0.15, 0.2) is 24.3 Å². The van der Waals surface area contributed by atoms with E-state index in [2.05, 4.69) is 0 Å². The summed E-state index contributed by atoms with van der Waals surface area (Å²) in [6.45, 7) is 0.128. The molecule has 0 aromatic heterocycles. The van der Waals surface area contributed by atoms with Crippen LogP contribution in [0.3, 0.4) is 0 Å². The van der Waals surface area contributed by atoms with Gasteiger partial charge in [0, 0.05) is 18.1 Å². The molecule has 0 radical (unpaired) electrons. The van der Waals surface area contributed by atoms with Crippen LogP contribution in [0.25, 0.3) is 0 Å². The van der Waals surface area contributed by atoms with E-state index in [0.29, 0.717) is 11.6 Å². The van der Waals surface area contributed by atoms with Crippen LogP contribution in [-0.2, 0) is 6.54 Å². The lowest BCUT2D eigenvalue weighted by molar-refractivity contribution is 0.0746. The van der Waals surface area contributed by atoms with Gasteiger partial charge in [0.1, 0.15) is 0 Å². The van der Waals surface area contributed by atoms with Gasteiger partial charge in [0.05, 0.1) is 13.2 Å². The van der Waals surface area contributed by atoms with Crippen molar-refractivity contribution in [3.63, 3.8) is 0 Å². The predicted octanol–water partition coefficient (Wildman–Crippen LogP) is 2.40. The average molecular weight is 250 g/mol. The zero-order chi connectivity index (χ0) is 12.0. The SMILES string of the molecule is OCCN(Cc1cccc(Cl)c1)CC(F)F. The molecule has 1 rings (SSSR count). The van der Waals surface area contributed by atoms with Crippen LogP contribution in [0.2, 0.25) is 5.02 Å². The molecule has 0 heterocycles. The first-order valence-electron chi connectivity index (χ1n) is 4.97. The summed E-state index contributed by atoms with van der Waals surface area (Å²) >= 11 is 5.80. The predicted molar refractivity (Wildman–Crippen MR) is 59.8 cm³/mol. The van der Waals surface area contributed by atoms with Gasteiger partial charge in [-0.05, 0) is 17.7 Å². The highest BCUT2D eigenvalue weighted by atomic mass is 35.5. The van der Waals surface area contributed by atoms with Crippen molar-refractivity contribution in [2.45, 2.75) is 13.0 Å². The van der Waals surface area contributed by atoms with E-state index in [1.54, 1.807) is 18.2 Å². The Morgan fingerprint density at radius 2 is 2.12 bits per heavy atom. The Balaban J connectivity index is 2.60. The van der Waals surface area contributed by atoms with E-state index in [4.69, 9.17) is 16.7 Å². The van der Waals surface area contributed by atoms with Gasteiger partial charge >= 0.3 is 0 Å². The molecule has 2 nitrogen and oxygen atoms in total. The molecule has 0 saturated carbocycles. The van der Waals surface area contributed by atoms with Crippen molar-refractivity contribution in [2.24, 2.45) is 0 Å². The fourth-order valence-electron chi connectivity index (χ4n) is 1.47. The van der Waals surface area contributed by atoms with Crippen LogP contribution in [0.1, 0.15) is 5.56 Å². The van der Waals surface area contributed by atoms with Crippen LogP contribution in [0.4, 0.5) is 8.78 Å². The third-order valence-electron chi connectivity index (χ3n) is 2.11. The number of aliphatic hydroxyl groups excluding tert-OH is 1. The highest BCUT2D eigenvalue weighted by Crippen LogP contribution is 2.13. The zero-order valence-corrected chi connectivity index (χ0v) is 9.50. The lowest BCUT2D eigenvalue weighted by atomic mass is 10.2. The molecule has 0 aliphatic carbocycles. The van der Waals surface area contributed by atoms with Gasteiger partial charge < -0.3 is 5.11 Å². The fraction of sp³-hybridized carbons (Fsp3) is 0.455. The first kappa shape index (κ1) is 13.4. The Labute approximate surface area is 98.4 Å². The quantitative estimate of drug-likeness (QED) is 0.837. The maximum Gasteiger partial charge on any atom is 0.251 e. The molecular weight excluding hydrogens is 236 g/mol. The average Bonchev–Trinajstić information content (AvgIpc) is 2.16. The summed E-state index contributed by atoms with van der Waals surface area (Å²) in [4.78, 5) is 1.50. The second-order valence-electron chi connectivity index (χ2n) is 3.48. The summed E-state index contributed by atoms with van der Waals surface area (Å²) in [5.41, 5.74) is 0.863. The summed E-state index contributed by atoms with van der Waals surface area (Å²) in [7, 11) is 0. The molecule has 0 spiro atoms. The second kappa shape index (κ2) is 6.78. The third-order valence-corrected chi connectivity index (χ3v) is 2.34. The molecule has 16 heavy (non-hydrogen) atoms. The Morgan fingerprint density at radius 1 is 1.38 bits per heavy atom. The van der Waals surface area contributed by atoms with E-state index in [1.807, 2.05) is 6.07 Å². The Morgan fingerprint density at radius 3 is 2.69 bits per heavy atom. The smallest absolute Gasteiger partial charge is 0.251 e. The van der Waals surface area contributed by atoms with E-state index in [9.17, 15) is 8.78 Å². The van der Waals surface area contributed by atoms with E-state index in [-0.39, 0.29) is 19.7 Å². The van der Waals surface area contributed by atoms with Crippen LogP contribution in [0.5, 0.6) is 0 Å². The first-order valence-corrected chi connectivity index (χ1v) is 5.35. The van der Waals surface area contributed by atoms with Gasteiger partial charge in [-0.1, -0.05) is 23.7 Å². The molecule has 0 unspecified atom stereocenters.